The highest BCUT2D eigenvalue weighted by molar-refractivity contribution is 7.99. The van der Waals surface area contributed by atoms with Gasteiger partial charge in [-0.2, -0.15) is 0 Å². The molecule has 0 aliphatic carbocycles. The first-order valence-electron chi connectivity index (χ1n) is 7.29. The highest BCUT2D eigenvalue weighted by Gasteiger charge is 2.16. The summed E-state index contributed by atoms with van der Waals surface area (Å²) in [5, 5.41) is 11.2. The molecule has 1 aromatic heterocycles. The highest BCUT2D eigenvalue weighted by Crippen LogP contribution is 2.27. The number of nitrogens with two attached hydrogens (primary N) is 1. The summed E-state index contributed by atoms with van der Waals surface area (Å²) in [5.41, 5.74) is 0.766. The van der Waals surface area contributed by atoms with Crippen molar-refractivity contribution in [2.45, 2.75) is 5.16 Å². The fourth-order valence-corrected chi connectivity index (χ4v) is 2.98. The molecule has 0 bridgehead atoms. The Morgan fingerprint density at radius 3 is 2.69 bits per heavy atom. The average molecular weight is 396 g/mol. The number of thioether (sulfide) groups is 1. The molecule has 0 radical (unpaired) electrons. The Morgan fingerprint density at radius 1 is 1.19 bits per heavy atom. The van der Waals surface area contributed by atoms with Crippen LogP contribution in [0.1, 0.15) is 0 Å². The Kier molecular flexibility index (Phi) is 5.38. The lowest BCUT2D eigenvalue weighted by atomic mass is 10.2. The number of rotatable bonds is 5. The van der Waals surface area contributed by atoms with Crippen LogP contribution in [-0.2, 0) is 4.79 Å². The quantitative estimate of drug-likeness (QED) is 0.511. The van der Waals surface area contributed by atoms with Gasteiger partial charge in [-0.1, -0.05) is 35.5 Å². The third kappa shape index (κ3) is 3.94. The number of nitrogens with zero attached hydrogens (tertiary/aromatic N) is 3. The fraction of sp³-hybridized carbons (Fsp3) is 0.0625. The molecule has 0 fully saturated rings. The van der Waals surface area contributed by atoms with E-state index >= 15 is 0 Å². The highest BCUT2D eigenvalue weighted by atomic mass is 35.5. The van der Waals surface area contributed by atoms with E-state index < -0.39 is 17.5 Å². The summed E-state index contributed by atoms with van der Waals surface area (Å²) in [7, 11) is 0. The molecule has 0 saturated carbocycles. The maximum Gasteiger partial charge on any atom is 0.234 e. The van der Waals surface area contributed by atoms with Crippen LogP contribution in [0.15, 0.2) is 47.6 Å². The molecule has 0 unspecified atom stereocenters. The third-order valence-electron chi connectivity index (χ3n) is 3.32. The molecule has 0 aliphatic heterocycles. The number of hydrogen-bond acceptors (Lipinski definition) is 5. The molecule has 1 amide bonds. The molecule has 3 aromatic rings. The van der Waals surface area contributed by atoms with Gasteiger partial charge in [0.1, 0.15) is 0 Å². The van der Waals surface area contributed by atoms with Gasteiger partial charge in [0.25, 0.3) is 0 Å². The number of nitrogen functional groups attached to an aromatic ring is 1. The molecule has 2 aromatic carbocycles. The van der Waals surface area contributed by atoms with Crippen molar-refractivity contribution in [2.75, 3.05) is 16.9 Å². The van der Waals surface area contributed by atoms with Crippen molar-refractivity contribution in [3.05, 3.63) is 59.1 Å². The predicted molar refractivity (Wildman–Crippen MR) is 96.3 cm³/mol. The first kappa shape index (κ1) is 18.2. The van der Waals surface area contributed by atoms with E-state index in [-0.39, 0.29) is 11.4 Å². The number of halogens is 3. The minimum Gasteiger partial charge on any atom is -0.335 e. The van der Waals surface area contributed by atoms with E-state index in [1.807, 2.05) is 0 Å². The fourth-order valence-electron chi connectivity index (χ4n) is 2.10. The Labute approximate surface area is 156 Å². The van der Waals surface area contributed by atoms with E-state index in [1.54, 1.807) is 24.3 Å². The first-order chi connectivity index (χ1) is 12.5. The summed E-state index contributed by atoms with van der Waals surface area (Å²) >= 11 is 7.16. The number of hydrogen-bond donors (Lipinski definition) is 2. The summed E-state index contributed by atoms with van der Waals surface area (Å²) in [5.74, 6) is 3.83. The summed E-state index contributed by atoms with van der Waals surface area (Å²) in [4.78, 5) is 12.0. The number of anilines is 1. The van der Waals surface area contributed by atoms with E-state index in [1.165, 1.54) is 10.7 Å². The van der Waals surface area contributed by atoms with E-state index in [2.05, 4.69) is 15.5 Å². The lowest BCUT2D eigenvalue weighted by molar-refractivity contribution is -0.113. The maximum absolute atomic E-state index is 13.1. The second-order valence-electron chi connectivity index (χ2n) is 5.12. The zero-order valence-corrected chi connectivity index (χ0v) is 14.7. The Balaban J connectivity index is 1.66. The van der Waals surface area contributed by atoms with Crippen molar-refractivity contribution in [3.8, 4) is 11.4 Å². The van der Waals surface area contributed by atoms with Crippen LogP contribution in [0.5, 0.6) is 0 Å². The maximum atomic E-state index is 13.1. The smallest absolute Gasteiger partial charge is 0.234 e. The van der Waals surface area contributed by atoms with Gasteiger partial charge in [-0.25, -0.2) is 13.5 Å². The van der Waals surface area contributed by atoms with Crippen LogP contribution < -0.4 is 11.2 Å². The molecule has 26 heavy (non-hydrogen) atoms. The number of amides is 1. The Hall–Kier alpha value is -2.65. The number of nitrogens with one attached hydrogen (secondary N) is 1. The lowest BCUT2D eigenvalue weighted by Gasteiger charge is -2.06. The molecule has 134 valence electrons. The molecular weight excluding hydrogens is 384 g/mol. The second kappa shape index (κ2) is 7.71. The van der Waals surface area contributed by atoms with Crippen LogP contribution in [0.3, 0.4) is 0 Å². The van der Waals surface area contributed by atoms with Gasteiger partial charge in [0.05, 0.1) is 10.8 Å². The summed E-state index contributed by atoms with van der Waals surface area (Å²) in [6.45, 7) is 0. The number of benzene rings is 2. The van der Waals surface area contributed by atoms with Gasteiger partial charge in [-0.3, -0.25) is 4.79 Å². The molecule has 6 nitrogen and oxygen atoms in total. The minimum atomic E-state index is -1.04. The summed E-state index contributed by atoms with van der Waals surface area (Å²) in [6.07, 6.45) is 0. The summed E-state index contributed by atoms with van der Waals surface area (Å²) < 4.78 is 27.3. The van der Waals surface area contributed by atoms with Crippen molar-refractivity contribution >= 4 is 35.0 Å². The van der Waals surface area contributed by atoms with Crippen LogP contribution in [0, 0.1) is 11.6 Å². The lowest BCUT2D eigenvalue weighted by Crippen LogP contribution is -2.16. The van der Waals surface area contributed by atoms with Gasteiger partial charge in [0, 0.05) is 17.3 Å². The normalized spacial score (nSPS) is 10.7. The molecular formula is C16H12ClF2N5OS. The molecule has 1 heterocycles. The number of carbonyl (C=O) groups is 1. The first-order valence-corrected chi connectivity index (χ1v) is 8.65. The number of aromatic nitrogens is 3. The Morgan fingerprint density at radius 2 is 1.96 bits per heavy atom. The van der Waals surface area contributed by atoms with Crippen LogP contribution in [0.25, 0.3) is 11.4 Å². The molecule has 0 saturated heterocycles. The van der Waals surface area contributed by atoms with Crippen LogP contribution in [0.4, 0.5) is 14.5 Å². The van der Waals surface area contributed by atoms with Crippen LogP contribution >= 0.6 is 23.4 Å². The molecule has 0 aliphatic rings. The van der Waals surface area contributed by atoms with Gasteiger partial charge in [0.2, 0.25) is 11.1 Å². The average Bonchev–Trinajstić information content (AvgIpc) is 2.97. The molecule has 3 N–H and O–H groups in total. The number of carbonyl (C=O) groups excluding carboxylic acids is 1. The van der Waals surface area contributed by atoms with Gasteiger partial charge in [-0.15, -0.1) is 10.2 Å². The van der Waals surface area contributed by atoms with Gasteiger partial charge in [0.15, 0.2) is 17.5 Å². The van der Waals surface area contributed by atoms with Crippen molar-refractivity contribution in [2.24, 2.45) is 0 Å². The topological polar surface area (TPSA) is 85.8 Å². The van der Waals surface area contributed by atoms with E-state index in [0.29, 0.717) is 21.6 Å². The van der Waals surface area contributed by atoms with Gasteiger partial charge < -0.3 is 11.2 Å². The summed E-state index contributed by atoms with van der Waals surface area (Å²) in [6, 6.07) is 10.1. The molecule has 0 atom stereocenters. The molecule has 3 rings (SSSR count). The zero-order valence-electron chi connectivity index (χ0n) is 13.1. The Bertz CT molecular complexity index is 966. The van der Waals surface area contributed by atoms with Gasteiger partial charge in [-0.05, 0) is 24.3 Å². The largest absolute Gasteiger partial charge is 0.335 e. The van der Waals surface area contributed by atoms with E-state index in [4.69, 9.17) is 17.4 Å². The second-order valence-corrected chi connectivity index (χ2v) is 6.47. The van der Waals surface area contributed by atoms with Gasteiger partial charge >= 0.3 is 0 Å². The van der Waals surface area contributed by atoms with Crippen molar-refractivity contribution < 1.29 is 13.6 Å². The zero-order chi connectivity index (χ0) is 18.7. The molecule has 10 heteroatoms. The monoisotopic (exact) mass is 395 g/mol. The van der Waals surface area contributed by atoms with Crippen molar-refractivity contribution in [3.63, 3.8) is 0 Å². The third-order valence-corrected chi connectivity index (χ3v) is 4.59. The van der Waals surface area contributed by atoms with Crippen LogP contribution in [-0.4, -0.2) is 26.5 Å². The van der Waals surface area contributed by atoms with Crippen molar-refractivity contribution in [1.29, 1.82) is 0 Å². The minimum absolute atomic E-state index is 0.0448. The standard InChI is InChI=1S/C16H12ClF2N5OS/c17-11-4-2-1-3-10(11)15-22-23-16(24(15)20)26-8-14(25)21-9-5-6-12(18)13(19)7-9/h1-7H,8,20H2,(H,21,25). The predicted octanol–water partition coefficient (Wildman–Crippen LogP) is 3.32. The molecule has 0 spiro atoms. The van der Waals surface area contributed by atoms with Crippen LogP contribution in [0.2, 0.25) is 5.02 Å². The van der Waals surface area contributed by atoms with E-state index in [0.717, 1.165) is 23.9 Å². The van der Waals surface area contributed by atoms with E-state index in [9.17, 15) is 13.6 Å². The SMILES string of the molecule is Nn1c(SCC(=O)Nc2ccc(F)c(F)c2)nnc1-c1ccccc1Cl. The van der Waals surface area contributed by atoms with Crippen molar-refractivity contribution in [1.82, 2.24) is 14.9 Å².